The lowest BCUT2D eigenvalue weighted by atomic mass is 10.1. The van der Waals surface area contributed by atoms with E-state index in [1.807, 2.05) is 6.92 Å². The molecule has 1 aromatic carbocycles. The molecule has 0 aliphatic rings. The van der Waals surface area contributed by atoms with Gasteiger partial charge in [-0.1, -0.05) is 6.08 Å². The van der Waals surface area contributed by atoms with Crippen molar-refractivity contribution in [2.24, 2.45) is 0 Å². The lowest BCUT2D eigenvalue weighted by Gasteiger charge is -2.09. The van der Waals surface area contributed by atoms with Crippen molar-refractivity contribution >= 4 is 33.8 Å². The van der Waals surface area contributed by atoms with Gasteiger partial charge in [0.1, 0.15) is 0 Å². The lowest BCUT2D eigenvalue weighted by Crippen LogP contribution is -2.35. The maximum Gasteiger partial charge on any atom is 0.330 e. The van der Waals surface area contributed by atoms with E-state index in [2.05, 4.69) is 26.8 Å². The fourth-order valence-corrected chi connectivity index (χ4v) is 2.45. The summed E-state index contributed by atoms with van der Waals surface area (Å²) in [6.07, 6.45) is 1.46. The summed E-state index contributed by atoms with van der Waals surface area (Å²) in [5.74, 6) is -0.202. The number of hydrogen-bond acceptors (Lipinski definition) is 5. The van der Waals surface area contributed by atoms with Gasteiger partial charge in [0.25, 0.3) is 5.56 Å². The van der Waals surface area contributed by atoms with E-state index >= 15 is 0 Å². The number of carbonyl (C=O) groups excluding carboxylic acids is 1. The Morgan fingerprint density at radius 3 is 2.71 bits per heavy atom. The van der Waals surface area contributed by atoms with E-state index in [1.165, 1.54) is 13.0 Å². The van der Waals surface area contributed by atoms with Gasteiger partial charge in [-0.3, -0.25) is 19.1 Å². The van der Waals surface area contributed by atoms with Gasteiger partial charge in [-0.05, 0) is 24.6 Å². The van der Waals surface area contributed by atoms with Crippen molar-refractivity contribution in [3.8, 4) is 0 Å². The average molecular weight is 325 g/mol. The van der Waals surface area contributed by atoms with Gasteiger partial charge < -0.3 is 5.32 Å². The Bertz CT molecular complexity index is 1110. The van der Waals surface area contributed by atoms with E-state index in [-0.39, 0.29) is 23.6 Å². The Balaban J connectivity index is 2.33. The van der Waals surface area contributed by atoms with Crippen LogP contribution in [0.4, 0.5) is 5.69 Å². The van der Waals surface area contributed by atoms with Crippen molar-refractivity contribution < 1.29 is 4.79 Å². The van der Waals surface area contributed by atoms with E-state index in [0.717, 1.165) is 10.1 Å². The molecule has 2 N–H and O–H groups in total. The van der Waals surface area contributed by atoms with Crippen molar-refractivity contribution in [3.63, 3.8) is 0 Å². The smallest absolute Gasteiger partial charge is 0.326 e. The Hall–Kier alpha value is -3.29. The maximum absolute atomic E-state index is 12.4. The summed E-state index contributed by atoms with van der Waals surface area (Å²) < 4.78 is 1.01. The summed E-state index contributed by atoms with van der Waals surface area (Å²) in [7, 11) is 0. The summed E-state index contributed by atoms with van der Waals surface area (Å²) in [5, 5.41) is 2.71. The summed E-state index contributed by atoms with van der Waals surface area (Å²) in [4.78, 5) is 46.8. The molecule has 0 aliphatic heterocycles. The van der Waals surface area contributed by atoms with E-state index in [4.69, 9.17) is 0 Å². The minimum Gasteiger partial charge on any atom is -0.326 e. The zero-order chi connectivity index (χ0) is 17.4. The molecule has 3 aromatic rings. The first-order valence-corrected chi connectivity index (χ1v) is 7.24. The van der Waals surface area contributed by atoms with E-state index in [1.54, 1.807) is 12.1 Å². The fraction of sp³-hybridized carbons (Fsp3) is 0.188. The first kappa shape index (κ1) is 15.6. The van der Waals surface area contributed by atoms with Gasteiger partial charge in [0.2, 0.25) is 5.91 Å². The Kier molecular flexibility index (Phi) is 3.72. The summed E-state index contributed by atoms with van der Waals surface area (Å²) in [6.45, 7) is 6.85. The molecule has 122 valence electrons. The standard InChI is InChI=1S/C16H15N5O3/c1-4-5-21-15(23)13-14(20-16(21)24)19-12-7-10(17-9(3)22)8(2)6-11(12)18-13/h4,6-7H,1,5H2,2-3H3,(H,17,22)(H,19,20,24). The molecule has 0 bridgehead atoms. The lowest BCUT2D eigenvalue weighted by molar-refractivity contribution is -0.114. The molecule has 2 aromatic heterocycles. The topological polar surface area (TPSA) is 110 Å². The van der Waals surface area contributed by atoms with Gasteiger partial charge in [0.05, 0.1) is 11.0 Å². The second kappa shape index (κ2) is 5.73. The van der Waals surface area contributed by atoms with Crippen LogP contribution in [-0.4, -0.2) is 25.4 Å². The molecule has 0 spiro atoms. The van der Waals surface area contributed by atoms with Gasteiger partial charge in [-0.25, -0.2) is 14.8 Å². The molecule has 0 saturated carbocycles. The van der Waals surface area contributed by atoms with Gasteiger partial charge in [0.15, 0.2) is 11.2 Å². The Morgan fingerprint density at radius 1 is 1.33 bits per heavy atom. The number of nitrogens with zero attached hydrogens (tertiary/aromatic N) is 3. The molecule has 0 saturated heterocycles. The number of H-pyrrole nitrogens is 1. The molecular weight excluding hydrogens is 310 g/mol. The second-order valence-electron chi connectivity index (χ2n) is 5.39. The van der Waals surface area contributed by atoms with E-state index < -0.39 is 11.2 Å². The highest BCUT2D eigenvalue weighted by atomic mass is 16.2. The molecule has 8 nitrogen and oxygen atoms in total. The van der Waals surface area contributed by atoms with Crippen LogP contribution < -0.4 is 16.6 Å². The third-order valence-corrected chi connectivity index (χ3v) is 3.55. The van der Waals surface area contributed by atoms with Crippen LogP contribution in [0.15, 0.2) is 34.4 Å². The first-order chi connectivity index (χ1) is 11.4. The van der Waals surface area contributed by atoms with Crippen molar-refractivity contribution in [2.75, 3.05) is 5.32 Å². The Morgan fingerprint density at radius 2 is 2.04 bits per heavy atom. The molecule has 2 heterocycles. The number of benzene rings is 1. The molecule has 3 rings (SSSR count). The molecular formula is C16H15N5O3. The SMILES string of the molecule is C=CCn1c(=O)[nH]c2nc3cc(NC(C)=O)c(C)cc3nc2c1=O. The number of nitrogens with one attached hydrogen (secondary N) is 2. The van der Waals surface area contributed by atoms with Crippen LogP contribution in [0, 0.1) is 6.92 Å². The van der Waals surface area contributed by atoms with E-state index in [0.29, 0.717) is 16.7 Å². The molecule has 0 unspecified atom stereocenters. The minimum atomic E-state index is -0.574. The minimum absolute atomic E-state index is 0.0793. The van der Waals surface area contributed by atoms with E-state index in [9.17, 15) is 14.4 Å². The number of aromatic amines is 1. The average Bonchev–Trinajstić information content (AvgIpc) is 2.51. The van der Waals surface area contributed by atoms with Crippen LogP contribution in [0.3, 0.4) is 0 Å². The zero-order valence-electron chi connectivity index (χ0n) is 13.2. The molecule has 0 radical (unpaired) electrons. The van der Waals surface area contributed by atoms with Crippen molar-refractivity contribution in [1.82, 2.24) is 19.5 Å². The number of amides is 1. The summed E-state index contributed by atoms with van der Waals surface area (Å²) in [5.41, 5.74) is 1.46. The predicted molar refractivity (Wildman–Crippen MR) is 91.2 cm³/mol. The van der Waals surface area contributed by atoms with Gasteiger partial charge in [0, 0.05) is 19.2 Å². The van der Waals surface area contributed by atoms with Gasteiger partial charge in [-0.2, -0.15) is 0 Å². The summed E-state index contributed by atoms with van der Waals surface area (Å²) in [6, 6.07) is 3.39. The van der Waals surface area contributed by atoms with Crippen molar-refractivity contribution in [2.45, 2.75) is 20.4 Å². The summed E-state index contributed by atoms with van der Waals surface area (Å²) >= 11 is 0. The van der Waals surface area contributed by atoms with Crippen LogP contribution in [0.25, 0.3) is 22.2 Å². The normalized spacial score (nSPS) is 10.9. The zero-order valence-corrected chi connectivity index (χ0v) is 13.2. The number of carbonyl (C=O) groups is 1. The largest absolute Gasteiger partial charge is 0.330 e. The molecule has 8 heteroatoms. The number of anilines is 1. The number of aromatic nitrogens is 4. The Labute approximate surface area is 135 Å². The predicted octanol–water partition coefficient (Wildman–Crippen LogP) is 1.09. The molecule has 1 amide bonds. The highest BCUT2D eigenvalue weighted by Crippen LogP contribution is 2.22. The number of rotatable bonds is 3. The maximum atomic E-state index is 12.4. The van der Waals surface area contributed by atoms with Gasteiger partial charge >= 0.3 is 5.69 Å². The quantitative estimate of drug-likeness (QED) is 0.553. The third kappa shape index (κ3) is 2.58. The van der Waals surface area contributed by atoms with Crippen LogP contribution in [-0.2, 0) is 11.3 Å². The molecule has 0 fully saturated rings. The van der Waals surface area contributed by atoms with Crippen LogP contribution in [0.1, 0.15) is 12.5 Å². The van der Waals surface area contributed by atoms with Crippen LogP contribution in [0.5, 0.6) is 0 Å². The first-order valence-electron chi connectivity index (χ1n) is 7.24. The number of allylic oxidation sites excluding steroid dienone is 1. The van der Waals surface area contributed by atoms with Crippen LogP contribution >= 0.6 is 0 Å². The van der Waals surface area contributed by atoms with Crippen LogP contribution in [0.2, 0.25) is 0 Å². The molecule has 0 aliphatic carbocycles. The highest BCUT2D eigenvalue weighted by Gasteiger charge is 2.12. The molecule has 24 heavy (non-hydrogen) atoms. The molecule has 0 atom stereocenters. The monoisotopic (exact) mass is 325 g/mol. The fourth-order valence-electron chi connectivity index (χ4n) is 2.45. The highest BCUT2D eigenvalue weighted by molar-refractivity contribution is 5.94. The number of fused-ring (bicyclic) bond motifs is 2. The second-order valence-corrected chi connectivity index (χ2v) is 5.39. The van der Waals surface area contributed by atoms with Crippen molar-refractivity contribution in [3.05, 3.63) is 51.2 Å². The van der Waals surface area contributed by atoms with Crippen molar-refractivity contribution in [1.29, 1.82) is 0 Å². The number of hydrogen-bond donors (Lipinski definition) is 2. The number of aryl methyl sites for hydroxylation is 1. The third-order valence-electron chi connectivity index (χ3n) is 3.55. The van der Waals surface area contributed by atoms with Gasteiger partial charge in [-0.15, -0.1) is 6.58 Å².